The monoisotopic (exact) mass is 266 g/mol. The maximum absolute atomic E-state index is 12.2. The molecule has 2 rings (SSSR count). The summed E-state index contributed by atoms with van der Waals surface area (Å²) in [5, 5.41) is 7.14. The van der Waals surface area contributed by atoms with Crippen LogP contribution in [0.2, 0.25) is 0 Å². The van der Waals surface area contributed by atoms with E-state index < -0.39 is 0 Å². The largest absolute Gasteiger partial charge is 0.395 e. The number of hydrogen-bond acceptors (Lipinski definition) is 4. The number of amides is 1. The summed E-state index contributed by atoms with van der Waals surface area (Å²) in [6.45, 7) is 5.25. The fourth-order valence-corrected chi connectivity index (χ4v) is 2.45. The number of nitrogens with two attached hydrogens (primary N) is 1. The average molecular weight is 266 g/mol. The van der Waals surface area contributed by atoms with Crippen LogP contribution in [0, 0.1) is 0 Å². The van der Waals surface area contributed by atoms with Crippen LogP contribution in [0.4, 0.5) is 5.69 Å². The first-order chi connectivity index (χ1) is 8.97. The molecule has 1 aliphatic heterocycles. The molecule has 0 aromatic carbocycles. The number of carbonyl (C=O) groups is 1. The number of nitrogens with one attached hydrogen (secondary N) is 1. The molecule has 6 heteroatoms. The van der Waals surface area contributed by atoms with Crippen LogP contribution in [0.25, 0.3) is 0 Å². The number of nitrogens with zero attached hydrogens (tertiary/aromatic N) is 2. The Labute approximate surface area is 113 Å². The van der Waals surface area contributed by atoms with Crippen LogP contribution in [0.1, 0.15) is 42.9 Å². The molecule has 1 aromatic rings. The van der Waals surface area contributed by atoms with Crippen molar-refractivity contribution in [1.82, 2.24) is 15.1 Å². The summed E-state index contributed by atoms with van der Waals surface area (Å²) >= 11 is 0. The first kappa shape index (κ1) is 13.9. The molecule has 6 nitrogen and oxygen atoms in total. The summed E-state index contributed by atoms with van der Waals surface area (Å²) in [5.41, 5.74) is 7.36. The Hall–Kier alpha value is -1.56. The molecular formula is C13H22N4O2. The summed E-state index contributed by atoms with van der Waals surface area (Å²) in [6, 6.07) is 0. The van der Waals surface area contributed by atoms with Crippen LogP contribution >= 0.6 is 0 Å². The van der Waals surface area contributed by atoms with Gasteiger partial charge in [0.15, 0.2) is 0 Å². The van der Waals surface area contributed by atoms with Gasteiger partial charge in [-0.05, 0) is 26.2 Å². The topological polar surface area (TPSA) is 82.2 Å². The fraction of sp³-hybridized carbons (Fsp3) is 0.692. The number of anilines is 1. The lowest BCUT2D eigenvalue weighted by molar-refractivity contribution is 0.0205. The zero-order valence-electron chi connectivity index (χ0n) is 11.8. The van der Waals surface area contributed by atoms with Crippen molar-refractivity contribution in [2.24, 2.45) is 7.05 Å². The highest BCUT2D eigenvalue weighted by Crippen LogP contribution is 2.24. The molecule has 0 saturated carbocycles. The predicted molar refractivity (Wildman–Crippen MR) is 72.9 cm³/mol. The summed E-state index contributed by atoms with van der Waals surface area (Å²) < 4.78 is 7.19. The van der Waals surface area contributed by atoms with E-state index in [0.717, 1.165) is 25.1 Å². The van der Waals surface area contributed by atoms with Gasteiger partial charge in [0.05, 0.1) is 17.0 Å². The Bertz CT molecular complexity index is 475. The summed E-state index contributed by atoms with van der Waals surface area (Å²) in [7, 11) is 1.73. The maximum atomic E-state index is 12.2. The van der Waals surface area contributed by atoms with E-state index in [1.54, 1.807) is 11.7 Å². The van der Waals surface area contributed by atoms with E-state index in [1.807, 2.05) is 13.8 Å². The minimum atomic E-state index is -0.253. The second-order valence-electron chi connectivity index (χ2n) is 5.27. The molecule has 0 aliphatic carbocycles. The molecular weight excluding hydrogens is 244 g/mol. The lowest BCUT2D eigenvalue weighted by atomic mass is 10.0. The van der Waals surface area contributed by atoms with Crippen molar-refractivity contribution in [3.05, 3.63) is 11.4 Å². The highest BCUT2D eigenvalue weighted by Gasteiger charge is 2.31. The molecule has 1 unspecified atom stereocenters. The van der Waals surface area contributed by atoms with Crippen molar-refractivity contribution in [3.8, 4) is 0 Å². The van der Waals surface area contributed by atoms with E-state index >= 15 is 0 Å². The van der Waals surface area contributed by atoms with Gasteiger partial charge >= 0.3 is 0 Å². The third kappa shape index (κ3) is 2.73. The van der Waals surface area contributed by atoms with Crippen molar-refractivity contribution in [2.45, 2.75) is 38.7 Å². The van der Waals surface area contributed by atoms with Crippen molar-refractivity contribution >= 4 is 11.6 Å². The Kier molecular flexibility index (Phi) is 3.80. The SMILES string of the molecule is CCc1nn(C)c(C(=O)NCC2(C)CCCO2)c1N. The van der Waals surface area contributed by atoms with E-state index in [-0.39, 0.29) is 11.5 Å². The number of carbonyl (C=O) groups excluding carboxylic acids is 1. The van der Waals surface area contributed by atoms with Crippen LogP contribution < -0.4 is 11.1 Å². The third-order valence-corrected chi connectivity index (χ3v) is 3.63. The highest BCUT2D eigenvalue weighted by molar-refractivity contribution is 5.98. The average Bonchev–Trinajstić information content (AvgIpc) is 2.92. The number of nitrogen functional groups attached to an aromatic ring is 1. The molecule has 1 atom stereocenters. The Morgan fingerprint density at radius 1 is 1.63 bits per heavy atom. The molecule has 3 N–H and O–H groups in total. The van der Waals surface area contributed by atoms with Crippen LogP contribution in [0.5, 0.6) is 0 Å². The van der Waals surface area contributed by atoms with Gasteiger partial charge in [0, 0.05) is 20.2 Å². The predicted octanol–water partition coefficient (Wildman–Crippen LogP) is 0.864. The lowest BCUT2D eigenvalue weighted by Gasteiger charge is -2.23. The van der Waals surface area contributed by atoms with Gasteiger partial charge in [0.1, 0.15) is 5.69 Å². The number of aryl methyl sites for hydroxylation is 2. The number of rotatable bonds is 4. The molecule has 2 heterocycles. The number of hydrogen-bond donors (Lipinski definition) is 2. The Morgan fingerprint density at radius 3 is 2.89 bits per heavy atom. The van der Waals surface area contributed by atoms with Crippen molar-refractivity contribution in [2.75, 3.05) is 18.9 Å². The van der Waals surface area contributed by atoms with Crippen LogP contribution in [0.15, 0.2) is 0 Å². The fourth-order valence-electron chi connectivity index (χ4n) is 2.45. The molecule has 19 heavy (non-hydrogen) atoms. The standard InChI is InChI=1S/C13H22N4O2/c1-4-9-10(14)11(17(3)16-9)12(18)15-8-13(2)6-5-7-19-13/h4-8,14H2,1-3H3,(H,15,18). The van der Waals surface area contributed by atoms with E-state index in [2.05, 4.69) is 10.4 Å². The van der Waals surface area contributed by atoms with Crippen molar-refractivity contribution < 1.29 is 9.53 Å². The molecule has 1 saturated heterocycles. The molecule has 1 amide bonds. The summed E-state index contributed by atoms with van der Waals surface area (Å²) in [6.07, 6.45) is 2.72. The normalized spacial score (nSPS) is 22.7. The highest BCUT2D eigenvalue weighted by atomic mass is 16.5. The summed E-state index contributed by atoms with van der Waals surface area (Å²) in [4.78, 5) is 12.2. The van der Waals surface area contributed by atoms with Gasteiger partial charge in [0.25, 0.3) is 5.91 Å². The second-order valence-corrected chi connectivity index (χ2v) is 5.27. The van der Waals surface area contributed by atoms with Crippen molar-refractivity contribution in [1.29, 1.82) is 0 Å². The molecule has 0 spiro atoms. The lowest BCUT2D eigenvalue weighted by Crippen LogP contribution is -2.40. The minimum Gasteiger partial charge on any atom is -0.395 e. The number of aromatic nitrogens is 2. The zero-order valence-corrected chi connectivity index (χ0v) is 11.8. The van der Waals surface area contributed by atoms with Gasteiger partial charge < -0.3 is 15.8 Å². The molecule has 106 valence electrons. The minimum absolute atomic E-state index is 0.191. The van der Waals surface area contributed by atoms with Gasteiger partial charge in [-0.1, -0.05) is 6.92 Å². The third-order valence-electron chi connectivity index (χ3n) is 3.63. The van der Waals surface area contributed by atoms with E-state index in [4.69, 9.17) is 10.5 Å². The quantitative estimate of drug-likeness (QED) is 0.847. The molecule has 1 fully saturated rings. The Balaban J connectivity index is 2.06. The van der Waals surface area contributed by atoms with Gasteiger partial charge in [0.2, 0.25) is 0 Å². The van der Waals surface area contributed by atoms with Crippen molar-refractivity contribution in [3.63, 3.8) is 0 Å². The smallest absolute Gasteiger partial charge is 0.271 e. The van der Waals surface area contributed by atoms with Crippen LogP contribution in [-0.4, -0.2) is 34.4 Å². The zero-order chi connectivity index (χ0) is 14.0. The summed E-state index contributed by atoms with van der Waals surface area (Å²) in [5.74, 6) is -0.191. The molecule has 1 aliphatic rings. The van der Waals surface area contributed by atoms with E-state index in [0.29, 0.717) is 24.3 Å². The molecule has 0 radical (unpaired) electrons. The van der Waals surface area contributed by atoms with Gasteiger partial charge in [-0.15, -0.1) is 0 Å². The van der Waals surface area contributed by atoms with Gasteiger partial charge in [-0.3, -0.25) is 9.48 Å². The number of ether oxygens (including phenoxy) is 1. The van der Waals surface area contributed by atoms with E-state index in [9.17, 15) is 4.79 Å². The van der Waals surface area contributed by atoms with Crippen LogP contribution in [-0.2, 0) is 18.2 Å². The molecule has 1 aromatic heterocycles. The Morgan fingerprint density at radius 2 is 2.37 bits per heavy atom. The van der Waals surface area contributed by atoms with Crippen LogP contribution in [0.3, 0.4) is 0 Å². The van der Waals surface area contributed by atoms with Gasteiger partial charge in [-0.2, -0.15) is 5.10 Å². The first-order valence-electron chi connectivity index (χ1n) is 6.70. The molecule has 0 bridgehead atoms. The second kappa shape index (κ2) is 5.21. The van der Waals surface area contributed by atoms with Gasteiger partial charge in [-0.25, -0.2) is 0 Å². The first-order valence-corrected chi connectivity index (χ1v) is 6.70. The maximum Gasteiger partial charge on any atom is 0.271 e. The van der Waals surface area contributed by atoms with E-state index in [1.165, 1.54) is 0 Å².